The lowest BCUT2D eigenvalue weighted by Crippen LogP contribution is -2.26. The predicted molar refractivity (Wildman–Crippen MR) is 80.8 cm³/mol. The van der Waals surface area contributed by atoms with Gasteiger partial charge in [0, 0.05) is 32.0 Å². The summed E-state index contributed by atoms with van der Waals surface area (Å²) in [4.78, 5) is 0.302. The first kappa shape index (κ1) is 16.8. The maximum atomic E-state index is 12.4. The van der Waals surface area contributed by atoms with Crippen LogP contribution in [0, 0.1) is 12.3 Å². The van der Waals surface area contributed by atoms with Crippen LogP contribution in [0.3, 0.4) is 0 Å². The number of rotatable bonds is 8. The quantitative estimate of drug-likeness (QED) is 0.735. The van der Waals surface area contributed by atoms with E-state index >= 15 is 0 Å². The van der Waals surface area contributed by atoms with Gasteiger partial charge in [-0.05, 0) is 19.0 Å². The smallest absolute Gasteiger partial charge is 0.245 e. The van der Waals surface area contributed by atoms with E-state index in [4.69, 9.17) is 6.42 Å². The van der Waals surface area contributed by atoms with E-state index in [1.54, 1.807) is 12.3 Å². The summed E-state index contributed by atoms with van der Waals surface area (Å²) in [5, 5.41) is 3.22. The molecule has 1 aromatic rings. The third-order valence-corrected chi connectivity index (χ3v) is 4.77. The third kappa shape index (κ3) is 3.85. The molecular weight excluding hydrogens is 274 g/mol. The van der Waals surface area contributed by atoms with Crippen LogP contribution in [0.25, 0.3) is 0 Å². The highest BCUT2D eigenvalue weighted by Crippen LogP contribution is 2.18. The lowest BCUT2D eigenvalue weighted by molar-refractivity contribution is 0.502. The van der Waals surface area contributed by atoms with Crippen molar-refractivity contribution < 1.29 is 8.42 Å². The fourth-order valence-electron chi connectivity index (χ4n) is 1.91. The van der Waals surface area contributed by atoms with Crippen molar-refractivity contribution in [3.8, 4) is 12.3 Å². The third-order valence-electron chi connectivity index (χ3n) is 3.00. The molecule has 0 spiro atoms. The highest BCUT2D eigenvalue weighted by Gasteiger charge is 2.22. The Morgan fingerprint density at radius 3 is 2.70 bits per heavy atom. The van der Waals surface area contributed by atoms with Crippen LogP contribution in [0.4, 0.5) is 0 Å². The predicted octanol–water partition coefficient (Wildman–Crippen LogP) is 1.26. The van der Waals surface area contributed by atoms with Gasteiger partial charge in [0.1, 0.15) is 4.90 Å². The molecule has 0 aliphatic heterocycles. The maximum absolute atomic E-state index is 12.4. The van der Waals surface area contributed by atoms with Crippen LogP contribution in [0.2, 0.25) is 0 Å². The van der Waals surface area contributed by atoms with Gasteiger partial charge >= 0.3 is 0 Å². The molecule has 0 bridgehead atoms. The Morgan fingerprint density at radius 1 is 1.45 bits per heavy atom. The Morgan fingerprint density at radius 2 is 2.15 bits per heavy atom. The number of hydrogen-bond donors (Lipinski definition) is 1. The molecule has 0 aromatic carbocycles. The van der Waals surface area contributed by atoms with E-state index < -0.39 is 10.0 Å². The topological polar surface area (TPSA) is 54.3 Å². The molecule has 6 heteroatoms. The van der Waals surface area contributed by atoms with Crippen LogP contribution < -0.4 is 5.32 Å². The second-order valence-corrected chi connectivity index (χ2v) is 6.65. The highest BCUT2D eigenvalue weighted by atomic mass is 32.2. The number of nitrogens with zero attached hydrogens (tertiary/aromatic N) is 2. The second-order valence-electron chi connectivity index (χ2n) is 4.61. The number of aromatic nitrogens is 1. The van der Waals surface area contributed by atoms with Gasteiger partial charge in [0.15, 0.2) is 0 Å². The van der Waals surface area contributed by atoms with Crippen molar-refractivity contribution in [2.75, 3.05) is 20.1 Å². The second kappa shape index (κ2) is 7.48. The largest absolute Gasteiger partial charge is 0.349 e. The molecule has 0 amide bonds. The zero-order chi connectivity index (χ0) is 15.2. The van der Waals surface area contributed by atoms with Gasteiger partial charge in [0.2, 0.25) is 10.0 Å². The van der Waals surface area contributed by atoms with Crippen LogP contribution in [0.1, 0.15) is 26.0 Å². The van der Waals surface area contributed by atoms with Gasteiger partial charge in [-0.2, -0.15) is 4.31 Å². The van der Waals surface area contributed by atoms with Crippen molar-refractivity contribution in [2.45, 2.75) is 38.3 Å². The lowest BCUT2D eigenvalue weighted by atomic mass is 10.4. The first-order valence-electron chi connectivity index (χ1n) is 6.76. The van der Waals surface area contributed by atoms with Gasteiger partial charge in [-0.25, -0.2) is 8.42 Å². The van der Waals surface area contributed by atoms with Crippen molar-refractivity contribution >= 4 is 10.0 Å². The normalized spacial score (nSPS) is 11.8. The van der Waals surface area contributed by atoms with Crippen LogP contribution >= 0.6 is 0 Å². The van der Waals surface area contributed by atoms with Gasteiger partial charge in [0.05, 0.1) is 6.54 Å². The minimum absolute atomic E-state index is 0.0732. The fraction of sp³-hybridized carbons (Fsp3) is 0.571. The summed E-state index contributed by atoms with van der Waals surface area (Å²) in [5.41, 5.74) is 0.974. The molecule has 0 saturated heterocycles. The zero-order valence-electron chi connectivity index (χ0n) is 12.4. The summed E-state index contributed by atoms with van der Waals surface area (Å²) in [5.74, 6) is 2.35. The Kier molecular flexibility index (Phi) is 6.27. The molecule has 5 nitrogen and oxygen atoms in total. The molecule has 0 fully saturated rings. The Balaban J connectivity index is 3.10. The summed E-state index contributed by atoms with van der Waals surface area (Å²) in [7, 11) is -2.01. The van der Waals surface area contributed by atoms with Gasteiger partial charge in [0.25, 0.3) is 0 Å². The highest BCUT2D eigenvalue weighted by molar-refractivity contribution is 7.89. The molecule has 1 heterocycles. The van der Waals surface area contributed by atoms with Crippen molar-refractivity contribution in [1.29, 1.82) is 0 Å². The van der Waals surface area contributed by atoms with Crippen molar-refractivity contribution in [3.05, 3.63) is 18.0 Å². The molecule has 1 rings (SSSR count). The van der Waals surface area contributed by atoms with Gasteiger partial charge in [-0.15, -0.1) is 6.42 Å². The maximum Gasteiger partial charge on any atom is 0.245 e. The van der Waals surface area contributed by atoms with Gasteiger partial charge in [-0.3, -0.25) is 0 Å². The van der Waals surface area contributed by atoms with Crippen LogP contribution in [0.15, 0.2) is 17.2 Å². The molecule has 1 aromatic heterocycles. The molecule has 20 heavy (non-hydrogen) atoms. The Hall–Kier alpha value is -1.29. The Bertz CT molecular complexity index is 570. The SMILES string of the molecule is C#CCN(C)S(=O)(=O)c1cc(CNCC)n(CCC)c1. The molecule has 0 aliphatic carbocycles. The molecule has 112 valence electrons. The molecule has 0 atom stereocenters. The van der Waals surface area contributed by atoms with E-state index in [1.807, 2.05) is 11.5 Å². The monoisotopic (exact) mass is 297 g/mol. The summed E-state index contributed by atoms with van der Waals surface area (Å²) >= 11 is 0. The zero-order valence-corrected chi connectivity index (χ0v) is 13.2. The van der Waals surface area contributed by atoms with E-state index in [2.05, 4.69) is 18.2 Å². The number of hydrogen-bond acceptors (Lipinski definition) is 3. The average Bonchev–Trinajstić information content (AvgIpc) is 2.81. The van der Waals surface area contributed by atoms with E-state index in [9.17, 15) is 8.42 Å². The van der Waals surface area contributed by atoms with E-state index in [-0.39, 0.29) is 6.54 Å². The van der Waals surface area contributed by atoms with Crippen LogP contribution in [-0.4, -0.2) is 37.4 Å². The minimum atomic E-state index is -3.50. The van der Waals surface area contributed by atoms with E-state index in [0.29, 0.717) is 11.4 Å². The molecule has 0 aliphatic rings. The van der Waals surface area contributed by atoms with Gasteiger partial charge in [-0.1, -0.05) is 19.8 Å². The van der Waals surface area contributed by atoms with Crippen LogP contribution in [0.5, 0.6) is 0 Å². The summed E-state index contributed by atoms with van der Waals surface area (Å²) in [6.45, 7) is 6.46. The van der Waals surface area contributed by atoms with Crippen molar-refractivity contribution in [2.24, 2.45) is 0 Å². The first-order valence-corrected chi connectivity index (χ1v) is 8.20. The molecular formula is C14H23N3O2S. The lowest BCUT2D eigenvalue weighted by Gasteiger charge is -2.12. The minimum Gasteiger partial charge on any atom is -0.349 e. The van der Waals surface area contributed by atoms with Crippen molar-refractivity contribution in [3.63, 3.8) is 0 Å². The average molecular weight is 297 g/mol. The first-order chi connectivity index (χ1) is 9.47. The molecule has 0 radical (unpaired) electrons. The Labute approximate surface area is 122 Å². The molecule has 0 saturated carbocycles. The van der Waals surface area contributed by atoms with E-state index in [1.165, 1.54) is 11.4 Å². The number of sulfonamides is 1. The van der Waals surface area contributed by atoms with Crippen molar-refractivity contribution in [1.82, 2.24) is 14.2 Å². The number of nitrogens with one attached hydrogen (secondary N) is 1. The molecule has 1 N–H and O–H groups in total. The standard InChI is InChI=1S/C14H23N3O2S/c1-5-8-16(4)20(18,19)14-10-13(11-15-7-3)17(12-14)9-6-2/h1,10,12,15H,6-9,11H2,2-4H3. The number of aryl methyl sites for hydroxylation is 1. The number of terminal acetylenes is 1. The van der Waals surface area contributed by atoms with Gasteiger partial charge < -0.3 is 9.88 Å². The summed E-state index contributed by atoms with van der Waals surface area (Å²) in [6, 6.07) is 1.72. The fourth-order valence-corrected chi connectivity index (χ4v) is 3.06. The van der Waals surface area contributed by atoms with Crippen LogP contribution in [-0.2, 0) is 23.1 Å². The summed E-state index contributed by atoms with van der Waals surface area (Å²) in [6.07, 6.45) is 7.83. The molecule has 0 unspecified atom stereocenters. The summed E-state index contributed by atoms with van der Waals surface area (Å²) < 4.78 is 27.9. The van der Waals surface area contributed by atoms with E-state index in [0.717, 1.165) is 25.2 Å².